The van der Waals surface area contributed by atoms with Crippen molar-refractivity contribution in [3.8, 4) is 0 Å². The first-order valence-electron chi connectivity index (χ1n) is 7.20. The van der Waals surface area contributed by atoms with Crippen LogP contribution in [0.5, 0.6) is 0 Å². The second kappa shape index (κ2) is 11.1. The number of carbonyl (C=O) groups is 2. The Hall–Kier alpha value is -2.56. The number of hydrogen-bond donors (Lipinski definition) is 7. The van der Waals surface area contributed by atoms with E-state index in [4.69, 9.17) is 34.4 Å². The zero-order valence-electron chi connectivity index (χ0n) is 13.1. The van der Waals surface area contributed by atoms with Crippen molar-refractivity contribution in [1.82, 2.24) is 5.32 Å². The van der Waals surface area contributed by atoms with Crippen LogP contribution in [0, 0.1) is 0 Å². The number of nitrogens with two attached hydrogens (primary N) is 6. The Morgan fingerprint density at radius 1 is 0.870 bits per heavy atom. The van der Waals surface area contributed by atoms with E-state index in [0.717, 1.165) is 0 Å². The molecule has 0 aromatic carbocycles. The SMILES string of the molecule is NC(=O)[C@@H](CCCN=C(N)N)NC(=O)[C@H](N)CCCN=C(N)N. The van der Waals surface area contributed by atoms with Gasteiger partial charge in [0, 0.05) is 13.1 Å². The first-order valence-corrected chi connectivity index (χ1v) is 7.20. The highest BCUT2D eigenvalue weighted by Crippen LogP contribution is 2.01. The molecule has 2 atom stereocenters. The monoisotopic (exact) mass is 329 g/mol. The van der Waals surface area contributed by atoms with Crippen molar-refractivity contribution in [3.63, 3.8) is 0 Å². The van der Waals surface area contributed by atoms with E-state index in [9.17, 15) is 9.59 Å². The Balaban J connectivity index is 4.24. The fourth-order valence-electron chi connectivity index (χ4n) is 1.72. The Labute approximate surface area is 134 Å². The third-order valence-electron chi connectivity index (χ3n) is 2.91. The van der Waals surface area contributed by atoms with Gasteiger partial charge in [0.05, 0.1) is 6.04 Å². The van der Waals surface area contributed by atoms with Crippen molar-refractivity contribution in [2.24, 2.45) is 44.4 Å². The third-order valence-corrected chi connectivity index (χ3v) is 2.91. The fraction of sp³-hybridized carbons (Fsp3) is 0.667. The topological polar surface area (TPSA) is 227 Å². The van der Waals surface area contributed by atoms with Gasteiger partial charge in [-0.2, -0.15) is 0 Å². The molecule has 11 heteroatoms. The van der Waals surface area contributed by atoms with Gasteiger partial charge in [0.25, 0.3) is 0 Å². The fourth-order valence-corrected chi connectivity index (χ4v) is 1.72. The predicted molar refractivity (Wildman–Crippen MR) is 88.9 cm³/mol. The van der Waals surface area contributed by atoms with Crippen LogP contribution in [-0.4, -0.2) is 48.9 Å². The molecule has 0 aromatic rings. The first kappa shape index (κ1) is 20.4. The standard InChI is InChI=1S/C12H27N9O2/c13-7(3-1-5-19-11(15)16)10(23)21-8(9(14)22)4-2-6-20-12(17)18/h7-8H,1-6,13H2,(H2,14,22)(H,21,23)(H4,15,16,19)(H4,17,18,20)/t7-,8-/m1/s1. The van der Waals surface area contributed by atoms with E-state index in [1.807, 2.05) is 0 Å². The summed E-state index contributed by atoms with van der Waals surface area (Å²) < 4.78 is 0. The maximum absolute atomic E-state index is 11.9. The van der Waals surface area contributed by atoms with Crippen molar-refractivity contribution < 1.29 is 9.59 Å². The number of nitrogens with zero attached hydrogens (tertiary/aromatic N) is 2. The van der Waals surface area contributed by atoms with Gasteiger partial charge in [-0.3, -0.25) is 19.6 Å². The number of amides is 2. The van der Waals surface area contributed by atoms with Crippen LogP contribution in [-0.2, 0) is 9.59 Å². The highest BCUT2D eigenvalue weighted by molar-refractivity contribution is 5.88. The Kier molecular flexibility index (Phi) is 9.83. The summed E-state index contributed by atoms with van der Waals surface area (Å²) in [5, 5.41) is 2.52. The van der Waals surface area contributed by atoms with Crippen LogP contribution in [0.2, 0.25) is 0 Å². The molecule has 0 aliphatic heterocycles. The molecule has 0 aromatic heterocycles. The van der Waals surface area contributed by atoms with Gasteiger partial charge >= 0.3 is 0 Å². The second-order valence-electron chi connectivity index (χ2n) is 4.97. The van der Waals surface area contributed by atoms with Crippen LogP contribution >= 0.6 is 0 Å². The summed E-state index contributed by atoms with van der Waals surface area (Å²) >= 11 is 0. The minimum Gasteiger partial charge on any atom is -0.370 e. The zero-order chi connectivity index (χ0) is 17.8. The molecule has 2 amide bonds. The molecule has 0 rings (SSSR count). The van der Waals surface area contributed by atoms with Crippen molar-refractivity contribution >= 4 is 23.7 Å². The van der Waals surface area contributed by atoms with Crippen molar-refractivity contribution in [1.29, 1.82) is 0 Å². The summed E-state index contributed by atoms with van der Waals surface area (Å²) in [6.45, 7) is 0.716. The zero-order valence-corrected chi connectivity index (χ0v) is 13.1. The number of aliphatic imine (C=N–C) groups is 2. The molecule has 132 valence electrons. The third kappa shape index (κ3) is 10.8. The molecule has 0 radical (unpaired) electrons. The highest BCUT2D eigenvalue weighted by Gasteiger charge is 2.21. The molecule has 0 bridgehead atoms. The Morgan fingerprint density at radius 3 is 1.78 bits per heavy atom. The van der Waals surface area contributed by atoms with E-state index < -0.39 is 23.9 Å². The molecule has 23 heavy (non-hydrogen) atoms. The number of nitrogens with one attached hydrogen (secondary N) is 1. The molecule has 0 fully saturated rings. The maximum Gasteiger partial charge on any atom is 0.240 e. The Morgan fingerprint density at radius 2 is 1.35 bits per heavy atom. The number of primary amides is 1. The summed E-state index contributed by atoms with van der Waals surface area (Å²) in [6, 6.07) is -1.59. The summed E-state index contributed by atoms with van der Waals surface area (Å²) in [5.41, 5.74) is 31.8. The van der Waals surface area contributed by atoms with Gasteiger partial charge in [-0.15, -0.1) is 0 Å². The molecule has 13 N–H and O–H groups in total. The lowest BCUT2D eigenvalue weighted by atomic mass is 10.1. The van der Waals surface area contributed by atoms with E-state index in [0.29, 0.717) is 38.8 Å². The average molecular weight is 329 g/mol. The molecule has 0 unspecified atom stereocenters. The minimum absolute atomic E-state index is 0.0161. The summed E-state index contributed by atoms with van der Waals surface area (Å²) in [4.78, 5) is 30.9. The van der Waals surface area contributed by atoms with E-state index in [2.05, 4.69) is 15.3 Å². The summed E-state index contributed by atoms with van der Waals surface area (Å²) in [7, 11) is 0. The normalized spacial score (nSPS) is 12.7. The van der Waals surface area contributed by atoms with Crippen LogP contribution in [0.4, 0.5) is 0 Å². The Bertz CT molecular complexity index is 442. The molecule has 0 spiro atoms. The van der Waals surface area contributed by atoms with Gasteiger partial charge in [-0.05, 0) is 25.7 Å². The van der Waals surface area contributed by atoms with Crippen LogP contribution in [0.15, 0.2) is 9.98 Å². The minimum atomic E-state index is -0.819. The first-order chi connectivity index (χ1) is 10.7. The number of hydrogen-bond acceptors (Lipinski definition) is 5. The number of rotatable bonds is 11. The van der Waals surface area contributed by atoms with Crippen LogP contribution in [0.1, 0.15) is 25.7 Å². The smallest absolute Gasteiger partial charge is 0.240 e. The van der Waals surface area contributed by atoms with E-state index in [-0.39, 0.29) is 11.9 Å². The highest BCUT2D eigenvalue weighted by atomic mass is 16.2. The van der Waals surface area contributed by atoms with Gasteiger partial charge in [0.1, 0.15) is 6.04 Å². The van der Waals surface area contributed by atoms with Crippen molar-refractivity contribution in [3.05, 3.63) is 0 Å². The molecule has 0 aliphatic rings. The van der Waals surface area contributed by atoms with E-state index in [1.54, 1.807) is 0 Å². The van der Waals surface area contributed by atoms with E-state index in [1.165, 1.54) is 0 Å². The van der Waals surface area contributed by atoms with Crippen molar-refractivity contribution in [2.45, 2.75) is 37.8 Å². The lowest BCUT2D eigenvalue weighted by Crippen LogP contribution is -2.50. The van der Waals surface area contributed by atoms with Gasteiger partial charge in [-0.25, -0.2) is 0 Å². The van der Waals surface area contributed by atoms with Gasteiger partial charge in [0.2, 0.25) is 11.8 Å². The van der Waals surface area contributed by atoms with Crippen LogP contribution in [0.3, 0.4) is 0 Å². The van der Waals surface area contributed by atoms with Gasteiger partial charge < -0.3 is 39.7 Å². The van der Waals surface area contributed by atoms with E-state index >= 15 is 0 Å². The molecular weight excluding hydrogens is 302 g/mol. The molecule has 11 nitrogen and oxygen atoms in total. The number of guanidine groups is 2. The predicted octanol–water partition coefficient (Wildman–Crippen LogP) is -3.61. The number of carbonyl (C=O) groups excluding carboxylic acids is 2. The molecule has 0 saturated carbocycles. The van der Waals surface area contributed by atoms with Gasteiger partial charge in [-0.1, -0.05) is 0 Å². The van der Waals surface area contributed by atoms with Gasteiger partial charge in [0.15, 0.2) is 11.9 Å². The summed E-state index contributed by atoms with van der Waals surface area (Å²) in [6.07, 6.45) is 1.73. The summed E-state index contributed by atoms with van der Waals surface area (Å²) in [5.74, 6) is -1.15. The van der Waals surface area contributed by atoms with Crippen molar-refractivity contribution in [2.75, 3.05) is 13.1 Å². The largest absolute Gasteiger partial charge is 0.370 e. The molecule has 0 heterocycles. The maximum atomic E-state index is 11.9. The van der Waals surface area contributed by atoms with Crippen LogP contribution in [0.25, 0.3) is 0 Å². The molecular formula is C12H27N9O2. The molecule has 0 aliphatic carbocycles. The van der Waals surface area contributed by atoms with Crippen LogP contribution < -0.4 is 39.7 Å². The molecule has 0 saturated heterocycles. The lowest BCUT2D eigenvalue weighted by Gasteiger charge is -2.18. The lowest BCUT2D eigenvalue weighted by molar-refractivity contribution is -0.128. The average Bonchev–Trinajstić information content (AvgIpc) is 2.45. The quantitative estimate of drug-likeness (QED) is 0.114. The second-order valence-corrected chi connectivity index (χ2v) is 4.97.